The van der Waals surface area contributed by atoms with Crippen LogP contribution in [0.2, 0.25) is 0 Å². The highest BCUT2D eigenvalue weighted by Gasteiger charge is 2.35. The first kappa shape index (κ1) is 22.4. The van der Waals surface area contributed by atoms with Gasteiger partial charge in [-0.15, -0.1) is 11.3 Å². The Morgan fingerprint density at radius 3 is 2.61 bits per heavy atom. The quantitative estimate of drug-likeness (QED) is 0.440. The molecule has 6 rings (SSSR count). The van der Waals surface area contributed by atoms with E-state index in [1.165, 1.54) is 22.7 Å². The molecule has 36 heavy (non-hydrogen) atoms. The summed E-state index contributed by atoms with van der Waals surface area (Å²) in [5.41, 5.74) is 3.97. The number of amides is 2. The van der Waals surface area contributed by atoms with E-state index in [4.69, 9.17) is 0 Å². The van der Waals surface area contributed by atoms with Crippen molar-refractivity contribution in [3.63, 3.8) is 0 Å². The zero-order valence-electron chi connectivity index (χ0n) is 19.4. The number of benzene rings is 2. The number of nitrogens with zero attached hydrogens (tertiary/aromatic N) is 2. The summed E-state index contributed by atoms with van der Waals surface area (Å²) in [4.78, 5) is 46.4. The van der Waals surface area contributed by atoms with Gasteiger partial charge in [0.1, 0.15) is 10.6 Å². The average molecular weight is 513 g/mol. The van der Waals surface area contributed by atoms with Crippen LogP contribution in [0.5, 0.6) is 0 Å². The Morgan fingerprint density at radius 1 is 1.06 bits per heavy atom. The van der Waals surface area contributed by atoms with Crippen LogP contribution >= 0.6 is 22.7 Å². The summed E-state index contributed by atoms with van der Waals surface area (Å²) in [6, 6.07) is 18.0. The van der Waals surface area contributed by atoms with Gasteiger partial charge in [-0.1, -0.05) is 47.2 Å². The number of para-hydroxylation sites is 1. The number of aryl methyl sites for hydroxylation is 1. The van der Waals surface area contributed by atoms with Gasteiger partial charge >= 0.3 is 0 Å². The Morgan fingerprint density at radius 2 is 1.86 bits per heavy atom. The van der Waals surface area contributed by atoms with Crippen LogP contribution in [0.1, 0.15) is 29.0 Å². The summed E-state index contributed by atoms with van der Waals surface area (Å²) in [6.07, 6.45) is 0. The molecule has 0 aliphatic carbocycles. The maximum Gasteiger partial charge on any atom is 0.272 e. The first-order valence-corrected chi connectivity index (χ1v) is 13.0. The number of anilines is 2. The number of nitrogens with one attached hydrogen (secondary N) is 2. The largest absolute Gasteiger partial charge is 0.322 e. The zero-order valence-corrected chi connectivity index (χ0v) is 21.0. The minimum absolute atomic E-state index is 0.314. The number of carbonyl (C=O) groups excluding carboxylic acids is 2. The number of aromatic nitrogens is 1. The van der Waals surface area contributed by atoms with E-state index in [1.54, 1.807) is 11.5 Å². The maximum atomic E-state index is 13.9. The number of fused-ring (bicyclic) bond motifs is 2. The van der Waals surface area contributed by atoms with Crippen LogP contribution in [0.25, 0.3) is 5.57 Å². The number of rotatable bonds is 3. The van der Waals surface area contributed by atoms with Crippen LogP contribution in [-0.4, -0.2) is 16.4 Å². The van der Waals surface area contributed by atoms with Crippen molar-refractivity contribution in [3.8, 4) is 0 Å². The molecule has 0 unspecified atom stereocenters. The van der Waals surface area contributed by atoms with Crippen molar-refractivity contribution in [2.24, 2.45) is 4.99 Å². The molecule has 4 heterocycles. The molecule has 2 aliphatic rings. The van der Waals surface area contributed by atoms with Crippen molar-refractivity contribution >= 4 is 51.4 Å². The Kier molecular flexibility index (Phi) is 5.31. The predicted octanol–water partition coefficient (Wildman–Crippen LogP) is 3.57. The van der Waals surface area contributed by atoms with Gasteiger partial charge in [-0.2, -0.15) is 0 Å². The van der Waals surface area contributed by atoms with Crippen LogP contribution in [0.4, 0.5) is 11.4 Å². The molecule has 0 saturated carbocycles. The monoisotopic (exact) mass is 512 g/mol. The fourth-order valence-electron chi connectivity index (χ4n) is 4.60. The van der Waals surface area contributed by atoms with Gasteiger partial charge in [-0.25, -0.2) is 4.99 Å². The molecule has 178 valence electrons. The van der Waals surface area contributed by atoms with E-state index in [9.17, 15) is 14.4 Å². The molecule has 1 atom stereocenters. The number of thiophene rings is 1. The summed E-state index contributed by atoms with van der Waals surface area (Å²) >= 11 is 2.65. The highest BCUT2D eigenvalue weighted by Crippen LogP contribution is 2.34. The number of allylic oxidation sites excluding steroid dienone is 1. The molecule has 9 heteroatoms. The molecule has 0 spiro atoms. The lowest BCUT2D eigenvalue weighted by molar-refractivity contribution is -0.113. The second kappa shape index (κ2) is 8.54. The van der Waals surface area contributed by atoms with Crippen molar-refractivity contribution in [1.82, 2.24) is 4.57 Å². The first-order valence-electron chi connectivity index (χ1n) is 11.3. The molecule has 0 fully saturated rings. The van der Waals surface area contributed by atoms with E-state index < -0.39 is 6.04 Å². The fourth-order valence-corrected chi connectivity index (χ4v) is 6.57. The summed E-state index contributed by atoms with van der Waals surface area (Å²) in [6.45, 7) is 3.72. The van der Waals surface area contributed by atoms with E-state index >= 15 is 0 Å². The molecule has 2 aromatic heterocycles. The summed E-state index contributed by atoms with van der Waals surface area (Å²) in [7, 11) is 0. The van der Waals surface area contributed by atoms with Gasteiger partial charge in [0.2, 0.25) is 0 Å². The van der Waals surface area contributed by atoms with Gasteiger partial charge < -0.3 is 10.6 Å². The van der Waals surface area contributed by atoms with E-state index in [0.717, 1.165) is 10.4 Å². The highest BCUT2D eigenvalue weighted by molar-refractivity contribution is 7.10. The highest BCUT2D eigenvalue weighted by atomic mass is 32.1. The lowest BCUT2D eigenvalue weighted by Gasteiger charge is -2.24. The van der Waals surface area contributed by atoms with E-state index in [2.05, 4.69) is 15.6 Å². The minimum atomic E-state index is -0.652. The Labute approximate surface area is 213 Å². The molecule has 0 saturated heterocycles. The molecule has 2 amide bonds. The molecule has 0 radical (unpaired) electrons. The van der Waals surface area contributed by atoms with Crippen LogP contribution in [0.3, 0.4) is 0 Å². The summed E-state index contributed by atoms with van der Waals surface area (Å²) in [5, 5.41) is 7.72. The molecule has 4 aromatic rings. The van der Waals surface area contributed by atoms with Crippen molar-refractivity contribution in [3.05, 3.63) is 113 Å². The molecule has 0 bridgehead atoms. The van der Waals surface area contributed by atoms with Crippen LogP contribution in [0, 0.1) is 6.92 Å². The maximum absolute atomic E-state index is 13.9. The fraction of sp³-hybridized carbons (Fsp3) is 0.111. The third kappa shape index (κ3) is 3.55. The number of hydrogen-bond acceptors (Lipinski definition) is 6. The van der Waals surface area contributed by atoms with Crippen LogP contribution < -0.4 is 25.5 Å². The van der Waals surface area contributed by atoms with Crippen molar-refractivity contribution in [1.29, 1.82) is 0 Å². The van der Waals surface area contributed by atoms with Crippen molar-refractivity contribution < 1.29 is 9.59 Å². The molecule has 7 nitrogen and oxygen atoms in total. The van der Waals surface area contributed by atoms with Crippen molar-refractivity contribution in [2.75, 3.05) is 10.6 Å². The Balaban J connectivity index is 1.57. The van der Waals surface area contributed by atoms with Gasteiger partial charge in [0.25, 0.3) is 17.4 Å². The molecular formula is C27H20N4O3S2. The van der Waals surface area contributed by atoms with Gasteiger partial charge in [0.15, 0.2) is 4.80 Å². The average Bonchev–Trinajstić information content (AvgIpc) is 3.57. The van der Waals surface area contributed by atoms with Gasteiger partial charge in [-0.3, -0.25) is 19.0 Å². The molecule has 2 aromatic carbocycles. The van der Waals surface area contributed by atoms with Crippen LogP contribution in [0.15, 0.2) is 87.1 Å². The zero-order chi connectivity index (χ0) is 25.0. The predicted molar refractivity (Wildman–Crippen MR) is 142 cm³/mol. The lowest BCUT2D eigenvalue weighted by atomic mass is 10.0. The smallest absolute Gasteiger partial charge is 0.272 e. The molecule has 2 aliphatic heterocycles. The minimum Gasteiger partial charge on any atom is -0.322 e. The van der Waals surface area contributed by atoms with E-state index in [1.807, 2.05) is 73.0 Å². The third-order valence-electron chi connectivity index (χ3n) is 6.23. The Hall–Kier alpha value is -4.08. The normalized spacial score (nSPS) is 17.8. The SMILES string of the molecule is CC1=C(C(=O)Nc2ccccc2)[C@H](c2cccs2)n2c(s/c(=C3\C(=O)Nc4ccc(C)cc43)c2=O)=N1. The molecular weight excluding hydrogens is 492 g/mol. The second-order valence-corrected chi connectivity index (χ2v) is 10.6. The number of hydrogen-bond donors (Lipinski definition) is 2. The lowest BCUT2D eigenvalue weighted by Crippen LogP contribution is -2.41. The standard InChI is InChI=1S/C27H20N4O3S2/c1-14-10-11-18-17(13-14)21(25(33)30-18)23-26(34)31-22(19-9-6-12-35-19)20(15(2)28-27(31)36-23)24(32)29-16-7-4-3-5-8-16/h3-13,22H,1-2H3,(H,29,32)(H,30,33)/b23-21-/t22-/m0/s1. The summed E-state index contributed by atoms with van der Waals surface area (Å²) < 4.78 is 1.86. The number of carbonyl (C=O) groups is 2. The second-order valence-electron chi connectivity index (χ2n) is 8.62. The summed E-state index contributed by atoms with van der Waals surface area (Å²) in [5.74, 6) is -0.635. The van der Waals surface area contributed by atoms with Gasteiger partial charge in [-0.05, 0) is 49.6 Å². The topological polar surface area (TPSA) is 92.6 Å². The van der Waals surface area contributed by atoms with E-state index in [-0.39, 0.29) is 17.4 Å². The van der Waals surface area contributed by atoms with Gasteiger partial charge in [0, 0.05) is 21.8 Å². The van der Waals surface area contributed by atoms with Gasteiger partial charge in [0.05, 0.1) is 16.8 Å². The van der Waals surface area contributed by atoms with Crippen molar-refractivity contribution in [2.45, 2.75) is 19.9 Å². The molecule has 2 N–H and O–H groups in total. The van der Waals surface area contributed by atoms with E-state index in [0.29, 0.717) is 43.1 Å². The number of thiazole rings is 1. The third-order valence-corrected chi connectivity index (χ3v) is 8.21. The Bertz CT molecular complexity index is 1760. The van der Waals surface area contributed by atoms with Crippen LogP contribution in [-0.2, 0) is 9.59 Å². The first-order chi connectivity index (χ1) is 17.4.